The highest BCUT2D eigenvalue weighted by molar-refractivity contribution is 6.09. The maximum atomic E-state index is 6.81. The Morgan fingerprint density at radius 2 is 1.32 bits per heavy atom. The minimum absolute atomic E-state index is 0.480. The van der Waals surface area contributed by atoms with E-state index < -0.39 is 0 Å². The average molecular weight is 741 g/mol. The summed E-state index contributed by atoms with van der Waals surface area (Å²) in [6.07, 6.45) is 17.7. The second-order valence-electron chi connectivity index (χ2n) is 16.4. The largest absolute Gasteiger partial charge is 0.457 e. The van der Waals surface area contributed by atoms with E-state index in [4.69, 9.17) is 14.8 Å². The van der Waals surface area contributed by atoms with E-state index in [2.05, 4.69) is 122 Å². The van der Waals surface area contributed by atoms with Gasteiger partial charge in [0.25, 0.3) is 0 Å². The molecule has 0 amide bonds. The molecule has 0 aliphatic heterocycles. The fourth-order valence-corrected chi connectivity index (χ4v) is 9.96. The molecule has 2 fully saturated rings. The smallest absolute Gasteiger partial charge is 0.137 e. The van der Waals surface area contributed by atoms with Gasteiger partial charge in [0.2, 0.25) is 0 Å². The van der Waals surface area contributed by atoms with E-state index in [1.54, 1.807) is 0 Å². The topological polar surface area (TPSA) is 44.9 Å². The SMILES string of the molecule is CCc1cc(CC)c(-c2c(C3CCCCC3)nn(-c3cccc(Oc4ccc5c6ccccc6n(-c6cc(C)ccn6)c5c4)c3)c2C2CCCCC2)c(CC)c1. The van der Waals surface area contributed by atoms with Crippen LogP contribution in [0.1, 0.15) is 130 Å². The fourth-order valence-electron chi connectivity index (χ4n) is 9.96. The molecule has 286 valence electrons. The summed E-state index contributed by atoms with van der Waals surface area (Å²) in [6.45, 7) is 9.10. The average Bonchev–Trinajstić information content (AvgIpc) is 3.80. The number of pyridine rings is 1. The zero-order chi connectivity index (χ0) is 38.2. The number of benzene rings is 4. The third kappa shape index (κ3) is 6.73. The van der Waals surface area contributed by atoms with Crippen LogP contribution in [0.3, 0.4) is 0 Å². The third-order valence-corrected chi connectivity index (χ3v) is 12.8. The Morgan fingerprint density at radius 1 is 0.625 bits per heavy atom. The van der Waals surface area contributed by atoms with Crippen LogP contribution in [-0.2, 0) is 19.3 Å². The van der Waals surface area contributed by atoms with Gasteiger partial charge in [-0.2, -0.15) is 5.10 Å². The number of fused-ring (bicyclic) bond motifs is 3. The molecular formula is C51H56N4O. The highest BCUT2D eigenvalue weighted by atomic mass is 16.5. The van der Waals surface area contributed by atoms with E-state index in [-0.39, 0.29) is 0 Å². The standard InChI is InChI=1S/C51H56N4O/c1-5-35-30-36(6-2)48(37(7-3)31-35)49-50(38-17-10-8-11-18-38)53-55(51(49)39-19-12-9-13-20-39)40-21-16-22-41(32-40)56-42-25-26-44-43-23-14-15-24-45(43)54(46(44)33-42)47-29-34(4)27-28-52-47/h14-16,21-33,38-39H,5-13,17-20H2,1-4H3. The zero-order valence-corrected chi connectivity index (χ0v) is 33.8. The molecule has 2 aliphatic rings. The first-order valence-corrected chi connectivity index (χ1v) is 21.6. The van der Waals surface area contributed by atoms with Crippen molar-refractivity contribution in [1.82, 2.24) is 19.3 Å². The van der Waals surface area contributed by atoms with Crippen molar-refractivity contribution in [1.29, 1.82) is 0 Å². The lowest BCUT2D eigenvalue weighted by atomic mass is 9.78. The van der Waals surface area contributed by atoms with E-state index >= 15 is 0 Å². The number of aryl methyl sites for hydroxylation is 4. The second kappa shape index (κ2) is 15.8. The predicted molar refractivity (Wildman–Crippen MR) is 232 cm³/mol. The van der Waals surface area contributed by atoms with Gasteiger partial charge in [-0.05, 0) is 122 Å². The molecule has 0 unspecified atom stereocenters. The van der Waals surface area contributed by atoms with Gasteiger partial charge in [-0.25, -0.2) is 9.67 Å². The number of rotatable bonds is 10. The summed E-state index contributed by atoms with van der Waals surface area (Å²) in [4.78, 5) is 4.79. The molecule has 0 radical (unpaired) electrons. The van der Waals surface area contributed by atoms with Crippen molar-refractivity contribution in [3.63, 3.8) is 0 Å². The van der Waals surface area contributed by atoms with Crippen molar-refractivity contribution in [3.05, 3.63) is 131 Å². The van der Waals surface area contributed by atoms with Crippen LogP contribution in [0.5, 0.6) is 11.5 Å². The van der Waals surface area contributed by atoms with E-state index in [1.165, 1.54) is 120 Å². The number of ether oxygens (including phenoxy) is 1. The van der Waals surface area contributed by atoms with Gasteiger partial charge in [-0.3, -0.25) is 4.57 Å². The predicted octanol–water partition coefficient (Wildman–Crippen LogP) is 13.9. The second-order valence-corrected chi connectivity index (χ2v) is 16.4. The van der Waals surface area contributed by atoms with Crippen LogP contribution in [0.15, 0.2) is 97.2 Å². The number of hydrogen-bond acceptors (Lipinski definition) is 3. The fraction of sp³-hybridized carbons (Fsp3) is 0.373. The van der Waals surface area contributed by atoms with Crippen LogP contribution in [0.25, 0.3) is 44.4 Å². The Morgan fingerprint density at radius 3 is 2.04 bits per heavy atom. The number of aromatic nitrogens is 4. The molecule has 5 nitrogen and oxygen atoms in total. The van der Waals surface area contributed by atoms with Crippen molar-refractivity contribution in [2.24, 2.45) is 0 Å². The van der Waals surface area contributed by atoms with Crippen molar-refractivity contribution < 1.29 is 4.74 Å². The maximum absolute atomic E-state index is 6.81. The van der Waals surface area contributed by atoms with Gasteiger partial charge in [0, 0.05) is 46.5 Å². The highest BCUT2D eigenvalue weighted by Gasteiger charge is 2.33. The zero-order valence-electron chi connectivity index (χ0n) is 33.8. The summed E-state index contributed by atoms with van der Waals surface area (Å²) in [7, 11) is 0. The van der Waals surface area contributed by atoms with Crippen LogP contribution < -0.4 is 4.74 Å². The van der Waals surface area contributed by atoms with Crippen molar-refractivity contribution >= 4 is 21.8 Å². The summed E-state index contributed by atoms with van der Waals surface area (Å²) in [6, 6.07) is 33.0. The van der Waals surface area contributed by atoms with Gasteiger partial charge in [0.05, 0.1) is 28.1 Å². The highest BCUT2D eigenvalue weighted by Crippen LogP contribution is 2.48. The molecule has 0 N–H and O–H groups in total. The van der Waals surface area contributed by atoms with Crippen LogP contribution >= 0.6 is 0 Å². The molecule has 4 aromatic carbocycles. The maximum Gasteiger partial charge on any atom is 0.137 e. The van der Waals surface area contributed by atoms with Gasteiger partial charge in [-0.1, -0.05) is 95.7 Å². The van der Waals surface area contributed by atoms with E-state index in [0.29, 0.717) is 11.8 Å². The molecule has 3 aromatic heterocycles. The Kier molecular flexibility index (Phi) is 10.3. The summed E-state index contributed by atoms with van der Waals surface area (Å²) >= 11 is 0. The van der Waals surface area contributed by atoms with Crippen LogP contribution in [-0.4, -0.2) is 19.3 Å². The molecule has 3 heterocycles. The minimum Gasteiger partial charge on any atom is -0.457 e. The molecule has 9 rings (SSSR count). The van der Waals surface area contributed by atoms with Gasteiger partial charge in [0.15, 0.2) is 0 Å². The molecule has 2 aliphatic carbocycles. The molecule has 7 aromatic rings. The Bertz CT molecular complexity index is 2480. The lowest BCUT2D eigenvalue weighted by Crippen LogP contribution is -2.13. The van der Waals surface area contributed by atoms with Crippen molar-refractivity contribution in [3.8, 4) is 34.1 Å². The Balaban J connectivity index is 1.19. The van der Waals surface area contributed by atoms with Gasteiger partial charge < -0.3 is 4.74 Å². The summed E-state index contributed by atoms with van der Waals surface area (Å²) in [5.74, 6) is 3.51. The molecule has 0 bridgehead atoms. The van der Waals surface area contributed by atoms with Crippen molar-refractivity contribution in [2.75, 3.05) is 0 Å². The van der Waals surface area contributed by atoms with E-state index in [0.717, 1.165) is 53.3 Å². The molecular weight excluding hydrogens is 685 g/mol. The molecule has 0 atom stereocenters. The number of hydrogen-bond donors (Lipinski definition) is 0. The lowest BCUT2D eigenvalue weighted by molar-refractivity contribution is 0.428. The van der Waals surface area contributed by atoms with E-state index in [1.807, 2.05) is 12.3 Å². The van der Waals surface area contributed by atoms with Gasteiger partial charge in [-0.15, -0.1) is 0 Å². The molecule has 56 heavy (non-hydrogen) atoms. The number of para-hydroxylation sites is 1. The first-order valence-electron chi connectivity index (χ1n) is 21.6. The summed E-state index contributed by atoms with van der Waals surface area (Å²) in [5.41, 5.74) is 14.6. The van der Waals surface area contributed by atoms with Crippen molar-refractivity contribution in [2.45, 2.75) is 123 Å². The monoisotopic (exact) mass is 740 g/mol. The lowest BCUT2D eigenvalue weighted by Gasteiger charge is -2.27. The quantitative estimate of drug-likeness (QED) is 0.140. The summed E-state index contributed by atoms with van der Waals surface area (Å²) < 4.78 is 11.4. The van der Waals surface area contributed by atoms with E-state index in [9.17, 15) is 0 Å². The van der Waals surface area contributed by atoms with Gasteiger partial charge >= 0.3 is 0 Å². The first kappa shape index (κ1) is 36.5. The van der Waals surface area contributed by atoms with Crippen LogP contribution in [0, 0.1) is 6.92 Å². The van der Waals surface area contributed by atoms with Crippen LogP contribution in [0.4, 0.5) is 0 Å². The van der Waals surface area contributed by atoms with Crippen LogP contribution in [0.2, 0.25) is 0 Å². The first-order chi connectivity index (χ1) is 27.5. The normalized spacial score (nSPS) is 15.6. The Labute approximate surface area is 332 Å². The Hall–Kier alpha value is -5.16. The molecule has 2 saturated carbocycles. The molecule has 0 spiro atoms. The van der Waals surface area contributed by atoms with Gasteiger partial charge in [0.1, 0.15) is 17.3 Å². The molecule has 5 heteroatoms. The third-order valence-electron chi connectivity index (χ3n) is 12.8. The number of nitrogens with zero attached hydrogens (tertiary/aromatic N) is 4. The minimum atomic E-state index is 0.480. The summed E-state index contributed by atoms with van der Waals surface area (Å²) in [5, 5.41) is 8.16. The molecule has 0 saturated heterocycles.